The average molecular weight is 779 g/mol. The zero-order chi connectivity index (χ0) is 29.8. The van der Waals surface area contributed by atoms with Crippen LogP contribution >= 0.6 is 45.2 Å². The van der Waals surface area contributed by atoms with Crippen LogP contribution in [0, 0.1) is 14.1 Å². The van der Waals surface area contributed by atoms with Gasteiger partial charge in [-0.25, -0.2) is 9.78 Å². The van der Waals surface area contributed by atoms with Crippen molar-refractivity contribution in [2.24, 2.45) is 5.10 Å². The fourth-order valence-corrected chi connectivity index (χ4v) is 6.44. The van der Waals surface area contributed by atoms with Gasteiger partial charge in [0.15, 0.2) is 12.4 Å². The Morgan fingerprint density at radius 2 is 1.76 bits per heavy atom. The molecule has 41 heavy (non-hydrogen) atoms. The molecule has 0 aliphatic heterocycles. The zero-order valence-electron chi connectivity index (χ0n) is 23.7. The molecule has 3 aromatic carbocycles. The van der Waals surface area contributed by atoms with Gasteiger partial charge in [0.25, 0.3) is 5.56 Å². The number of ether oxygens (including phenoxy) is 3. The summed E-state index contributed by atoms with van der Waals surface area (Å²) in [5, 5.41) is 5.12. The normalized spacial score (nSPS) is 11.6. The molecule has 0 atom stereocenters. The van der Waals surface area contributed by atoms with E-state index in [9.17, 15) is 9.59 Å². The highest BCUT2D eigenvalue weighted by atomic mass is 127. The van der Waals surface area contributed by atoms with E-state index in [-0.39, 0.29) is 24.2 Å². The minimum absolute atomic E-state index is 0.182. The fourth-order valence-electron chi connectivity index (χ4n) is 4.32. The van der Waals surface area contributed by atoms with Gasteiger partial charge in [-0.1, -0.05) is 26.0 Å². The number of rotatable bonds is 9. The molecular formula is C31H31I2N3O5. The van der Waals surface area contributed by atoms with Crippen LogP contribution in [0.25, 0.3) is 22.3 Å². The molecule has 8 nitrogen and oxygen atoms in total. The van der Waals surface area contributed by atoms with Crippen LogP contribution in [0.3, 0.4) is 0 Å². The van der Waals surface area contributed by atoms with Crippen LogP contribution in [0.4, 0.5) is 0 Å². The van der Waals surface area contributed by atoms with E-state index in [0.29, 0.717) is 22.5 Å². The number of carbonyl (C=O) groups is 1. The molecule has 0 aliphatic carbocycles. The predicted octanol–water partition coefficient (Wildman–Crippen LogP) is 6.93. The van der Waals surface area contributed by atoms with Crippen molar-refractivity contribution in [2.45, 2.75) is 46.6 Å². The highest BCUT2D eigenvalue weighted by Gasteiger charge is 2.19. The smallest absolute Gasteiger partial charge is 0.344 e. The van der Waals surface area contributed by atoms with E-state index in [1.807, 2.05) is 49.4 Å². The summed E-state index contributed by atoms with van der Waals surface area (Å²) in [5.74, 6) is 1.60. The Bertz CT molecular complexity index is 1670. The Morgan fingerprint density at radius 1 is 1.07 bits per heavy atom. The topological polar surface area (TPSA) is 92.0 Å². The SMILES string of the molecule is COc1cc(C)c(-c2nc3ccccc3c(=O)n2N=Cc2cc(I)c(OCC(=O)OC(C)C)c(I)c2)cc1C(C)C. The molecule has 214 valence electrons. The third-order valence-corrected chi connectivity index (χ3v) is 7.84. The molecule has 0 aliphatic rings. The number of esters is 1. The van der Waals surface area contributed by atoms with E-state index in [4.69, 9.17) is 19.2 Å². The Morgan fingerprint density at radius 3 is 2.39 bits per heavy atom. The lowest BCUT2D eigenvalue weighted by molar-refractivity contribution is -0.149. The molecule has 4 rings (SSSR count). The maximum absolute atomic E-state index is 13.7. The quantitative estimate of drug-likeness (QED) is 0.104. The number of aryl methyl sites for hydroxylation is 1. The zero-order valence-corrected chi connectivity index (χ0v) is 28.0. The van der Waals surface area contributed by atoms with Crippen LogP contribution in [-0.4, -0.2) is 41.7 Å². The molecule has 1 aromatic heterocycles. The number of fused-ring (bicyclic) bond motifs is 1. The lowest BCUT2D eigenvalue weighted by Gasteiger charge is -2.17. The van der Waals surface area contributed by atoms with Crippen LogP contribution in [0.1, 0.15) is 50.3 Å². The summed E-state index contributed by atoms with van der Waals surface area (Å²) < 4.78 is 19.5. The van der Waals surface area contributed by atoms with Crippen LogP contribution in [0.5, 0.6) is 11.5 Å². The summed E-state index contributed by atoms with van der Waals surface area (Å²) in [7, 11) is 1.66. The van der Waals surface area contributed by atoms with Gasteiger partial charge in [0.05, 0.1) is 37.5 Å². The van der Waals surface area contributed by atoms with Gasteiger partial charge < -0.3 is 14.2 Å². The summed E-state index contributed by atoms with van der Waals surface area (Å²) in [6.07, 6.45) is 1.42. The summed E-state index contributed by atoms with van der Waals surface area (Å²) in [4.78, 5) is 30.6. The van der Waals surface area contributed by atoms with Crippen molar-refractivity contribution in [1.82, 2.24) is 9.66 Å². The second-order valence-electron chi connectivity index (χ2n) is 10.0. The van der Waals surface area contributed by atoms with Gasteiger partial charge in [-0.15, -0.1) is 0 Å². The predicted molar refractivity (Wildman–Crippen MR) is 178 cm³/mol. The second-order valence-corrected chi connectivity index (χ2v) is 12.3. The average Bonchev–Trinajstić information content (AvgIpc) is 2.91. The molecule has 0 saturated heterocycles. The lowest BCUT2D eigenvalue weighted by Crippen LogP contribution is -2.21. The molecule has 0 unspecified atom stereocenters. The highest BCUT2D eigenvalue weighted by Crippen LogP contribution is 2.34. The third kappa shape index (κ3) is 7.08. The van der Waals surface area contributed by atoms with Gasteiger partial charge in [0, 0.05) is 5.56 Å². The number of para-hydroxylation sites is 1. The monoisotopic (exact) mass is 779 g/mol. The molecule has 0 amide bonds. The van der Waals surface area contributed by atoms with Crippen molar-refractivity contribution in [3.05, 3.63) is 82.7 Å². The molecule has 0 N–H and O–H groups in total. The highest BCUT2D eigenvalue weighted by molar-refractivity contribution is 14.1. The first kappa shape index (κ1) is 30.9. The molecule has 0 spiro atoms. The third-order valence-electron chi connectivity index (χ3n) is 6.24. The fraction of sp³-hybridized carbons (Fsp3) is 0.290. The summed E-state index contributed by atoms with van der Waals surface area (Å²) in [5.41, 5.74) is 3.83. The number of aromatic nitrogens is 2. The molecular weight excluding hydrogens is 748 g/mol. The summed E-state index contributed by atoms with van der Waals surface area (Å²) >= 11 is 4.31. The number of hydrogen-bond acceptors (Lipinski definition) is 7. The van der Waals surface area contributed by atoms with Gasteiger partial charge in [-0.2, -0.15) is 9.78 Å². The first-order chi connectivity index (χ1) is 19.5. The number of halogens is 2. The van der Waals surface area contributed by atoms with Gasteiger partial charge >= 0.3 is 5.97 Å². The van der Waals surface area contributed by atoms with Crippen LogP contribution < -0.4 is 15.0 Å². The number of benzene rings is 3. The molecule has 0 saturated carbocycles. The molecule has 4 aromatic rings. The molecule has 1 heterocycles. The van der Waals surface area contributed by atoms with Gasteiger partial charge in [0.2, 0.25) is 0 Å². The molecule has 0 fully saturated rings. The first-order valence-corrected chi connectivity index (χ1v) is 15.2. The van der Waals surface area contributed by atoms with Gasteiger partial charge in [-0.05, 0) is 125 Å². The minimum Gasteiger partial charge on any atom is -0.496 e. The van der Waals surface area contributed by atoms with Gasteiger partial charge in [0.1, 0.15) is 11.5 Å². The van der Waals surface area contributed by atoms with Crippen LogP contribution in [0.2, 0.25) is 0 Å². The number of nitrogens with zero attached hydrogens (tertiary/aromatic N) is 3. The van der Waals surface area contributed by atoms with Crippen molar-refractivity contribution in [1.29, 1.82) is 0 Å². The number of methoxy groups -OCH3 is 1. The van der Waals surface area contributed by atoms with E-state index in [1.165, 1.54) is 4.68 Å². The van der Waals surface area contributed by atoms with Crippen molar-refractivity contribution in [3.8, 4) is 22.9 Å². The summed E-state index contributed by atoms with van der Waals surface area (Å²) in [6, 6.07) is 15.0. The number of carbonyl (C=O) groups excluding carboxylic acids is 1. The largest absolute Gasteiger partial charge is 0.496 e. The van der Waals surface area contributed by atoms with Crippen LogP contribution in [-0.2, 0) is 9.53 Å². The standard InChI is InChI=1S/C31H31I2N3O5/c1-17(2)22-14-23(19(5)11-27(22)39-6)30-35-26-10-8-7-9-21(26)31(38)36(30)34-15-20-12-24(32)29(25(33)13-20)40-16-28(37)41-18(3)4/h7-15,17-18H,16H2,1-6H3. The van der Waals surface area contributed by atoms with E-state index < -0.39 is 5.97 Å². The van der Waals surface area contributed by atoms with E-state index in [1.54, 1.807) is 33.2 Å². The Kier molecular flexibility index (Phi) is 10.1. The maximum Gasteiger partial charge on any atom is 0.344 e. The van der Waals surface area contributed by atoms with Gasteiger partial charge in [-0.3, -0.25) is 4.79 Å². The molecule has 0 radical (unpaired) electrons. The molecule has 0 bridgehead atoms. The maximum atomic E-state index is 13.7. The molecule has 10 heteroatoms. The van der Waals surface area contributed by atoms with Crippen LogP contribution in [0.15, 0.2) is 58.4 Å². The first-order valence-electron chi connectivity index (χ1n) is 13.1. The van der Waals surface area contributed by atoms with Crippen molar-refractivity contribution >= 4 is 68.3 Å². The van der Waals surface area contributed by atoms with Crippen molar-refractivity contribution < 1.29 is 19.0 Å². The van der Waals surface area contributed by atoms with Crippen molar-refractivity contribution in [3.63, 3.8) is 0 Å². The van der Waals surface area contributed by atoms with Crippen molar-refractivity contribution in [2.75, 3.05) is 13.7 Å². The Labute approximate surface area is 266 Å². The van der Waals surface area contributed by atoms with E-state index in [0.717, 1.165) is 35.1 Å². The Balaban J connectivity index is 1.79. The van der Waals surface area contributed by atoms with E-state index >= 15 is 0 Å². The second kappa shape index (κ2) is 13.3. The lowest BCUT2D eigenvalue weighted by atomic mass is 9.96. The Hall–Kier alpha value is -3.00. The number of hydrogen-bond donors (Lipinski definition) is 0. The summed E-state index contributed by atoms with van der Waals surface area (Å²) in [6.45, 7) is 9.57. The minimum atomic E-state index is -0.428. The van der Waals surface area contributed by atoms with E-state index in [2.05, 4.69) is 64.1 Å².